The number of aliphatic carboxylic acids is 1. The van der Waals surface area contributed by atoms with Crippen molar-refractivity contribution in [3.05, 3.63) is 0 Å². The van der Waals surface area contributed by atoms with Crippen molar-refractivity contribution in [1.29, 1.82) is 0 Å². The minimum atomic E-state index is -3.37. The molecule has 0 aliphatic heterocycles. The molecule has 9 heteroatoms. The number of carbonyl (C=O) groups is 2. The first-order valence-electron chi connectivity index (χ1n) is 6.80. The topological polar surface area (TPSA) is 107 Å². The number of sulfonamides is 1. The quantitative estimate of drug-likeness (QED) is 0.590. The fourth-order valence-corrected chi connectivity index (χ4v) is 2.62. The molecular weight excluding hydrogens is 298 g/mol. The van der Waals surface area contributed by atoms with Crippen LogP contribution in [-0.2, 0) is 19.6 Å². The number of carboxylic acids is 1. The molecule has 0 bridgehead atoms. The normalized spacial score (nSPS) is 22.1. The van der Waals surface area contributed by atoms with E-state index in [1.54, 1.807) is 0 Å². The Kier molecular flexibility index (Phi) is 6.11. The van der Waals surface area contributed by atoms with Gasteiger partial charge in [-0.25, -0.2) is 8.42 Å². The third-order valence-electron chi connectivity index (χ3n) is 3.67. The summed E-state index contributed by atoms with van der Waals surface area (Å²) in [6.07, 6.45) is 2.43. The van der Waals surface area contributed by atoms with Gasteiger partial charge < -0.3 is 10.4 Å². The van der Waals surface area contributed by atoms with Gasteiger partial charge in [0.2, 0.25) is 15.9 Å². The van der Waals surface area contributed by atoms with Crippen molar-refractivity contribution in [2.24, 2.45) is 0 Å². The summed E-state index contributed by atoms with van der Waals surface area (Å²) in [4.78, 5) is 24.3. The molecule has 0 saturated heterocycles. The van der Waals surface area contributed by atoms with Crippen LogP contribution in [0.1, 0.15) is 19.8 Å². The van der Waals surface area contributed by atoms with Crippen LogP contribution in [0, 0.1) is 0 Å². The van der Waals surface area contributed by atoms with Gasteiger partial charge >= 0.3 is 5.97 Å². The molecule has 1 saturated carbocycles. The number of hydrogen-bond donors (Lipinski definition) is 2. The van der Waals surface area contributed by atoms with E-state index in [1.807, 2.05) is 11.8 Å². The Morgan fingerprint density at radius 2 is 1.86 bits per heavy atom. The summed E-state index contributed by atoms with van der Waals surface area (Å²) in [5.74, 6) is -1.20. The van der Waals surface area contributed by atoms with Crippen molar-refractivity contribution in [2.45, 2.75) is 31.8 Å². The second-order valence-electron chi connectivity index (χ2n) is 5.37. The molecule has 1 aliphatic carbocycles. The molecule has 0 aromatic carbocycles. The van der Waals surface area contributed by atoms with E-state index in [0.29, 0.717) is 19.4 Å². The number of nitrogens with one attached hydrogen (secondary N) is 1. The Bertz CT molecular complexity index is 487. The van der Waals surface area contributed by atoms with E-state index in [9.17, 15) is 18.0 Å². The molecular formula is C12H23N3O5S. The van der Waals surface area contributed by atoms with Gasteiger partial charge in [-0.1, -0.05) is 6.92 Å². The number of amides is 1. The maximum absolute atomic E-state index is 11.7. The molecule has 1 aliphatic rings. The molecule has 0 spiro atoms. The predicted molar refractivity (Wildman–Crippen MR) is 77.3 cm³/mol. The van der Waals surface area contributed by atoms with E-state index in [-0.39, 0.29) is 31.1 Å². The largest absolute Gasteiger partial charge is 0.480 e. The highest BCUT2D eigenvalue weighted by atomic mass is 32.2. The second kappa shape index (κ2) is 7.19. The number of rotatable bonds is 8. The molecule has 2 N–H and O–H groups in total. The number of hydrogen-bond acceptors (Lipinski definition) is 5. The molecule has 0 unspecified atom stereocenters. The van der Waals surface area contributed by atoms with Crippen LogP contribution in [0.25, 0.3) is 0 Å². The summed E-state index contributed by atoms with van der Waals surface area (Å²) in [6, 6.07) is 0.141. The van der Waals surface area contributed by atoms with Crippen molar-refractivity contribution in [3.63, 3.8) is 0 Å². The van der Waals surface area contributed by atoms with Crippen molar-refractivity contribution in [1.82, 2.24) is 14.5 Å². The van der Waals surface area contributed by atoms with Gasteiger partial charge in [0.05, 0.1) is 19.3 Å². The zero-order valence-corrected chi connectivity index (χ0v) is 13.4. The lowest BCUT2D eigenvalue weighted by Crippen LogP contribution is -2.55. The van der Waals surface area contributed by atoms with E-state index in [4.69, 9.17) is 5.11 Å². The summed E-state index contributed by atoms with van der Waals surface area (Å²) in [7, 11) is -2.01. The first-order valence-corrected chi connectivity index (χ1v) is 8.64. The molecule has 0 aromatic rings. The summed E-state index contributed by atoms with van der Waals surface area (Å²) in [5.41, 5.74) is 0. The molecule has 122 valence electrons. The highest BCUT2D eigenvalue weighted by Crippen LogP contribution is 2.25. The van der Waals surface area contributed by atoms with Gasteiger partial charge in [-0.05, 0) is 19.4 Å². The van der Waals surface area contributed by atoms with Gasteiger partial charge in [0.25, 0.3) is 0 Å². The first-order chi connectivity index (χ1) is 9.63. The molecule has 1 amide bonds. The van der Waals surface area contributed by atoms with E-state index < -0.39 is 16.0 Å². The Morgan fingerprint density at radius 1 is 1.29 bits per heavy atom. The molecule has 0 atom stereocenters. The van der Waals surface area contributed by atoms with Crippen LogP contribution in [0.15, 0.2) is 0 Å². The van der Waals surface area contributed by atoms with Crippen LogP contribution < -0.4 is 5.32 Å². The summed E-state index contributed by atoms with van der Waals surface area (Å²) >= 11 is 0. The first kappa shape index (κ1) is 17.9. The predicted octanol–water partition coefficient (Wildman–Crippen LogP) is -1.07. The van der Waals surface area contributed by atoms with E-state index in [2.05, 4.69) is 5.32 Å². The second-order valence-corrected chi connectivity index (χ2v) is 7.45. The lowest BCUT2D eigenvalue weighted by molar-refractivity contribution is -0.139. The Hall–Kier alpha value is -1.19. The van der Waals surface area contributed by atoms with E-state index in [1.165, 1.54) is 7.05 Å². The van der Waals surface area contributed by atoms with E-state index >= 15 is 0 Å². The number of carbonyl (C=O) groups excluding carboxylic acids is 1. The minimum absolute atomic E-state index is 0.00134. The average Bonchev–Trinajstić information content (AvgIpc) is 2.29. The van der Waals surface area contributed by atoms with Crippen LogP contribution in [0.5, 0.6) is 0 Å². The third-order valence-corrected chi connectivity index (χ3v) is 4.93. The van der Waals surface area contributed by atoms with Gasteiger partial charge in [-0.2, -0.15) is 4.31 Å². The Balaban J connectivity index is 2.34. The SMILES string of the molecule is CCN(CC(=O)O)C1CC(NC(=O)CN(C)S(C)(=O)=O)C1. The van der Waals surface area contributed by atoms with Gasteiger partial charge in [0, 0.05) is 19.1 Å². The smallest absolute Gasteiger partial charge is 0.317 e. The molecule has 8 nitrogen and oxygen atoms in total. The fourth-order valence-electron chi connectivity index (χ4n) is 2.27. The standard InChI is InChI=1S/C12H23N3O5S/c1-4-15(8-12(17)18)10-5-9(6-10)13-11(16)7-14(2)21(3,19)20/h9-10H,4-8H2,1-3H3,(H,13,16)(H,17,18). The number of likely N-dealkylation sites (N-methyl/N-ethyl adjacent to an activating group) is 2. The molecule has 1 fully saturated rings. The van der Waals surface area contributed by atoms with E-state index in [0.717, 1.165) is 10.6 Å². The van der Waals surface area contributed by atoms with Crippen LogP contribution in [-0.4, -0.2) is 79.6 Å². The van der Waals surface area contributed by atoms with Gasteiger partial charge in [0.1, 0.15) is 0 Å². The van der Waals surface area contributed by atoms with Gasteiger partial charge in [0.15, 0.2) is 0 Å². The molecule has 21 heavy (non-hydrogen) atoms. The third kappa shape index (κ3) is 5.60. The molecule has 0 heterocycles. The average molecular weight is 321 g/mol. The van der Waals surface area contributed by atoms with Crippen molar-refractivity contribution < 1.29 is 23.1 Å². The lowest BCUT2D eigenvalue weighted by atomic mass is 9.85. The Morgan fingerprint density at radius 3 is 2.29 bits per heavy atom. The zero-order chi connectivity index (χ0) is 16.2. The summed E-state index contributed by atoms with van der Waals surface area (Å²) in [5, 5.41) is 11.6. The maximum Gasteiger partial charge on any atom is 0.317 e. The van der Waals surface area contributed by atoms with Crippen molar-refractivity contribution in [2.75, 3.05) is 32.9 Å². The Labute approximate surface area is 125 Å². The summed E-state index contributed by atoms with van der Waals surface area (Å²) in [6.45, 7) is 2.34. The summed E-state index contributed by atoms with van der Waals surface area (Å²) < 4.78 is 23.4. The monoisotopic (exact) mass is 321 g/mol. The van der Waals surface area contributed by atoms with Crippen molar-refractivity contribution >= 4 is 21.9 Å². The lowest BCUT2D eigenvalue weighted by Gasteiger charge is -2.42. The molecule has 0 aromatic heterocycles. The minimum Gasteiger partial charge on any atom is -0.480 e. The van der Waals surface area contributed by atoms with Gasteiger partial charge in [-0.15, -0.1) is 0 Å². The highest BCUT2D eigenvalue weighted by Gasteiger charge is 2.34. The van der Waals surface area contributed by atoms with Crippen LogP contribution in [0.3, 0.4) is 0 Å². The van der Waals surface area contributed by atoms with Crippen molar-refractivity contribution in [3.8, 4) is 0 Å². The van der Waals surface area contributed by atoms with Crippen LogP contribution in [0.4, 0.5) is 0 Å². The fraction of sp³-hybridized carbons (Fsp3) is 0.833. The molecule has 1 rings (SSSR count). The molecule has 0 radical (unpaired) electrons. The highest BCUT2D eigenvalue weighted by molar-refractivity contribution is 7.88. The van der Waals surface area contributed by atoms with Crippen LogP contribution >= 0.6 is 0 Å². The van der Waals surface area contributed by atoms with Crippen LogP contribution in [0.2, 0.25) is 0 Å². The number of carboxylic acid groups (broad SMARTS) is 1. The van der Waals surface area contributed by atoms with Gasteiger partial charge in [-0.3, -0.25) is 14.5 Å². The zero-order valence-electron chi connectivity index (χ0n) is 12.6. The maximum atomic E-state index is 11.7. The number of nitrogens with zero attached hydrogens (tertiary/aromatic N) is 2.